The van der Waals surface area contributed by atoms with Crippen LogP contribution in [0, 0.1) is 6.92 Å². The zero-order chi connectivity index (χ0) is 24.7. The number of benzene rings is 3. The number of hydrogen-bond donors (Lipinski definition) is 1. The summed E-state index contributed by atoms with van der Waals surface area (Å²) < 4.78 is 6.35. The maximum Gasteiger partial charge on any atom is 0.301 e. The van der Waals surface area contributed by atoms with Gasteiger partial charge in [0.05, 0.1) is 34.5 Å². The van der Waals surface area contributed by atoms with Crippen LogP contribution in [0.3, 0.4) is 0 Å². The quantitative estimate of drug-likeness (QED) is 0.220. The second kappa shape index (κ2) is 9.00. The topological polar surface area (TPSA) is 79.7 Å². The summed E-state index contributed by atoms with van der Waals surface area (Å²) in [5.41, 5.74) is 3.98. The molecule has 1 fully saturated rings. The molecule has 4 aromatic rings. The van der Waals surface area contributed by atoms with Gasteiger partial charge in [-0.15, -0.1) is 0 Å². The summed E-state index contributed by atoms with van der Waals surface area (Å²) in [6.45, 7) is 4.02. The normalized spacial score (nSPS) is 17.3. The third-order valence-corrected chi connectivity index (χ3v) is 7.24. The standard InChI is InChI=1S/C28H24N2O4S/c1-4-17-12-13-20-22(15-17)35-28(29-20)30-24(18-9-7-8-16(2)14-18)23(26(32)27(30)33)25(31)19-10-5-6-11-21(19)34-3/h5-15,24,31H,4H2,1-3H3/b25-23+. The summed E-state index contributed by atoms with van der Waals surface area (Å²) >= 11 is 1.36. The first-order chi connectivity index (χ1) is 16.9. The molecule has 6 nitrogen and oxygen atoms in total. The van der Waals surface area contributed by atoms with Gasteiger partial charge in [0.2, 0.25) is 0 Å². The van der Waals surface area contributed by atoms with E-state index in [4.69, 9.17) is 9.72 Å². The van der Waals surface area contributed by atoms with Crippen molar-refractivity contribution >= 4 is 44.1 Å². The number of ether oxygens (including phenoxy) is 1. The predicted octanol–water partition coefficient (Wildman–Crippen LogP) is 5.80. The molecule has 1 aliphatic rings. The third kappa shape index (κ3) is 3.88. The van der Waals surface area contributed by atoms with Crippen molar-refractivity contribution in [1.29, 1.82) is 0 Å². The van der Waals surface area contributed by atoms with Crippen LogP contribution >= 0.6 is 11.3 Å². The molecule has 2 heterocycles. The first-order valence-corrected chi connectivity index (χ1v) is 12.1. The molecule has 0 saturated carbocycles. The molecule has 176 valence electrons. The number of thiazole rings is 1. The minimum atomic E-state index is -0.828. The third-order valence-electron chi connectivity index (χ3n) is 6.22. The van der Waals surface area contributed by atoms with E-state index in [9.17, 15) is 14.7 Å². The highest BCUT2D eigenvalue weighted by Crippen LogP contribution is 2.45. The number of amides is 1. The maximum atomic E-state index is 13.4. The average molecular weight is 485 g/mol. The van der Waals surface area contributed by atoms with Gasteiger partial charge >= 0.3 is 5.91 Å². The number of aliphatic hydroxyl groups excluding tert-OH is 1. The van der Waals surface area contributed by atoms with E-state index in [1.165, 1.54) is 28.9 Å². The predicted molar refractivity (Wildman–Crippen MR) is 138 cm³/mol. The fourth-order valence-corrected chi connectivity index (χ4v) is 5.51. The Bertz CT molecular complexity index is 1500. The van der Waals surface area contributed by atoms with Crippen LogP contribution in [0.25, 0.3) is 16.0 Å². The molecule has 0 aliphatic carbocycles. The molecule has 1 atom stereocenters. The van der Waals surface area contributed by atoms with Crippen molar-refractivity contribution in [3.8, 4) is 5.75 Å². The van der Waals surface area contributed by atoms with E-state index in [0.717, 1.165) is 22.2 Å². The molecule has 35 heavy (non-hydrogen) atoms. The van der Waals surface area contributed by atoms with E-state index < -0.39 is 17.7 Å². The van der Waals surface area contributed by atoms with Crippen LogP contribution in [0.4, 0.5) is 5.13 Å². The molecule has 1 unspecified atom stereocenters. The Morgan fingerprint density at radius 2 is 1.89 bits per heavy atom. The van der Waals surface area contributed by atoms with Crippen LogP contribution in [-0.4, -0.2) is 28.9 Å². The van der Waals surface area contributed by atoms with Crippen molar-refractivity contribution in [2.75, 3.05) is 12.0 Å². The fraction of sp³-hybridized carbons (Fsp3) is 0.179. The number of fused-ring (bicyclic) bond motifs is 1. The van der Waals surface area contributed by atoms with Crippen molar-refractivity contribution in [3.63, 3.8) is 0 Å². The smallest absolute Gasteiger partial charge is 0.301 e. The molecule has 1 amide bonds. The van der Waals surface area contributed by atoms with Crippen LogP contribution in [0.1, 0.15) is 35.2 Å². The number of anilines is 1. The summed E-state index contributed by atoms with van der Waals surface area (Å²) in [5, 5.41) is 11.8. The fourth-order valence-electron chi connectivity index (χ4n) is 4.45. The molecular weight excluding hydrogens is 460 g/mol. The molecule has 1 aromatic heterocycles. The summed E-state index contributed by atoms with van der Waals surface area (Å²) in [5.74, 6) is -1.34. The van der Waals surface area contributed by atoms with Gasteiger partial charge in [-0.2, -0.15) is 0 Å². The second-order valence-corrected chi connectivity index (χ2v) is 9.44. The van der Waals surface area contributed by atoms with Crippen molar-refractivity contribution in [1.82, 2.24) is 4.98 Å². The highest BCUT2D eigenvalue weighted by Gasteiger charge is 2.48. The number of Topliss-reactive ketones (excluding diaryl/α,β-unsaturated/α-hetero) is 1. The van der Waals surface area contributed by atoms with E-state index in [0.29, 0.717) is 22.0 Å². The Morgan fingerprint density at radius 3 is 2.63 bits per heavy atom. The minimum absolute atomic E-state index is 0.0126. The SMILES string of the molecule is CCc1ccc2nc(N3C(=O)C(=O)/C(=C(/O)c4ccccc4OC)C3c3cccc(C)c3)sc2c1. The van der Waals surface area contributed by atoms with Crippen LogP contribution in [0.5, 0.6) is 5.75 Å². The zero-order valence-corrected chi connectivity index (χ0v) is 20.4. The molecule has 0 radical (unpaired) electrons. The lowest BCUT2D eigenvalue weighted by Crippen LogP contribution is -2.29. The maximum absolute atomic E-state index is 13.4. The molecule has 5 rings (SSSR count). The number of carbonyl (C=O) groups excluding carboxylic acids is 2. The Kier molecular flexibility index (Phi) is 5.86. The number of nitrogens with zero attached hydrogens (tertiary/aromatic N) is 2. The molecule has 3 aromatic carbocycles. The number of methoxy groups -OCH3 is 1. The lowest BCUT2D eigenvalue weighted by Gasteiger charge is -2.23. The van der Waals surface area contributed by atoms with Gasteiger partial charge < -0.3 is 9.84 Å². The van der Waals surface area contributed by atoms with E-state index in [-0.39, 0.29) is 11.3 Å². The van der Waals surface area contributed by atoms with Crippen molar-refractivity contribution in [3.05, 3.63) is 94.6 Å². The number of para-hydroxylation sites is 1. The Labute approximate surface area is 207 Å². The second-order valence-electron chi connectivity index (χ2n) is 8.44. The number of rotatable bonds is 5. The zero-order valence-electron chi connectivity index (χ0n) is 19.6. The van der Waals surface area contributed by atoms with Crippen molar-refractivity contribution in [2.24, 2.45) is 0 Å². The van der Waals surface area contributed by atoms with Gasteiger partial charge in [-0.3, -0.25) is 14.5 Å². The van der Waals surface area contributed by atoms with Crippen LogP contribution in [0.15, 0.2) is 72.3 Å². The van der Waals surface area contributed by atoms with E-state index in [1.807, 2.05) is 43.3 Å². The summed E-state index contributed by atoms with van der Waals surface area (Å²) in [6.07, 6.45) is 0.885. The molecule has 1 N–H and O–H groups in total. The number of carbonyl (C=O) groups is 2. The van der Waals surface area contributed by atoms with Gasteiger partial charge in [0.15, 0.2) is 5.13 Å². The first-order valence-electron chi connectivity index (χ1n) is 11.3. The Balaban J connectivity index is 1.74. The minimum Gasteiger partial charge on any atom is -0.507 e. The monoisotopic (exact) mass is 484 g/mol. The van der Waals surface area contributed by atoms with Crippen LogP contribution in [0.2, 0.25) is 0 Å². The highest BCUT2D eigenvalue weighted by molar-refractivity contribution is 7.22. The van der Waals surface area contributed by atoms with Crippen LogP contribution < -0.4 is 9.64 Å². The lowest BCUT2D eigenvalue weighted by molar-refractivity contribution is -0.132. The van der Waals surface area contributed by atoms with Gasteiger partial charge in [-0.05, 0) is 48.7 Å². The number of ketones is 1. The van der Waals surface area contributed by atoms with E-state index in [2.05, 4.69) is 13.0 Å². The van der Waals surface area contributed by atoms with Gasteiger partial charge in [0.25, 0.3) is 5.78 Å². The molecule has 0 bridgehead atoms. The average Bonchev–Trinajstić information content (AvgIpc) is 3.41. The lowest BCUT2D eigenvalue weighted by atomic mass is 9.94. The Morgan fingerprint density at radius 1 is 1.09 bits per heavy atom. The highest BCUT2D eigenvalue weighted by atomic mass is 32.1. The number of hydrogen-bond acceptors (Lipinski definition) is 6. The Hall–Kier alpha value is -3.97. The number of aryl methyl sites for hydroxylation is 2. The van der Waals surface area contributed by atoms with Crippen molar-refractivity contribution in [2.45, 2.75) is 26.3 Å². The summed E-state index contributed by atoms with van der Waals surface area (Å²) in [6, 6.07) is 19.7. The number of aliphatic hydroxyl groups is 1. The molecule has 1 saturated heterocycles. The van der Waals surface area contributed by atoms with Gasteiger partial charge in [0, 0.05) is 0 Å². The first kappa shape index (κ1) is 22.8. The van der Waals surface area contributed by atoms with Gasteiger partial charge in [-0.1, -0.05) is 66.3 Å². The van der Waals surface area contributed by atoms with Crippen molar-refractivity contribution < 1.29 is 19.4 Å². The van der Waals surface area contributed by atoms with Gasteiger partial charge in [-0.25, -0.2) is 4.98 Å². The molecular formula is C28H24N2O4S. The summed E-state index contributed by atoms with van der Waals surface area (Å²) in [4.78, 5) is 33.0. The summed E-state index contributed by atoms with van der Waals surface area (Å²) in [7, 11) is 1.49. The largest absolute Gasteiger partial charge is 0.507 e. The molecule has 7 heteroatoms. The van der Waals surface area contributed by atoms with E-state index in [1.54, 1.807) is 24.3 Å². The van der Waals surface area contributed by atoms with Crippen LogP contribution in [-0.2, 0) is 16.0 Å². The number of aromatic nitrogens is 1. The van der Waals surface area contributed by atoms with E-state index >= 15 is 0 Å². The molecule has 1 aliphatic heterocycles. The van der Waals surface area contributed by atoms with Gasteiger partial charge in [0.1, 0.15) is 11.5 Å². The molecule has 0 spiro atoms.